The van der Waals surface area contributed by atoms with Gasteiger partial charge in [0, 0.05) is 17.8 Å². The Labute approximate surface area is 181 Å². The van der Waals surface area contributed by atoms with E-state index in [1.54, 1.807) is 24.3 Å². The molecule has 0 aliphatic rings. The Balaban J connectivity index is 1.70. The fourth-order valence-electron chi connectivity index (χ4n) is 3.23. The first-order valence-electron chi connectivity index (χ1n) is 10.3. The summed E-state index contributed by atoms with van der Waals surface area (Å²) in [5.41, 5.74) is 8.35. The van der Waals surface area contributed by atoms with Crippen LogP contribution in [-0.2, 0) is 11.3 Å². The summed E-state index contributed by atoms with van der Waals surface area (Å²) in [6, 6.07) is 14.7. The highest BCUT2D eigenvalue weighted by Gasteiger charge is 2.19. The molecule has 2 amide bonds. The van der Waals surface area contributed by atoms with Crippen LogP contribution >= 0.6 is 11.8 Å². The monoisotopic (exact) mass is 424 g/mol. The Morgan fingerprint density at radius 3 is 2.53 bits per heavy atom. The third kappa shape index (κ3) is 5.42. The molecule has 3 aromatic rings. The summed E-state index contributed by atoms with van der Waals surface area (Å²) in [6.45, 7) is 4.97. The molecular weight excluding hydrogens is 396 g/mol. The van der Waals surface area contributed by atoms with Gasteiger partial charge in [-0.05, 0) is 49.7 Å². The Hall–Kier alpha value is -2.80. The van der Waals surface area contributed by atoms with Gasteiger partial charge in [-0.15, -0.1) is 0 Å². The molecule has 0 unspecified atom stereocenters. The van der Waals surface area contributed by atoms with E-state index in [1.165, 1.54) is 31.0 Å². The molecule has 3 rings (SSSR count). The first kappa shape index (κ1) is 21.9. The van der Waals surface area contributed by atoms with Crippen molar-refractivity contribution >= 4 is 40.3 Å². The highest BCUT2D eigenvalue weighted by molar-refractivity contribution is 8.00. The first-order valence-corrected chi connectivity index (χ1v) is 11.2. The second-order valence-electron chi connectivity index (χ2n) is 7.29. The van der Waals surface area contributed by atoms with Crippen molar-refractivity contribution in [3.05, 3.63) is 54.1 Å². The van der Waals surface area contributed by atoms with Gasteiger partial charge in [0.2, 0.25) is 11.8 Å². The van der Waals surface area contributed by atoms with Crippen molar-refractivity contribution in [3.8, 4) is 0 Å². The Morgan fingerprint density at radius 2 is 1.83 bits per heavy atom. The summed E-state index contributed by atoms with van der Waals surface area (Å²) in [4.78, 5) is 28.7. The number of nitrogens with zero attached hydrogens (tertiary/aromatic N) is 2. The number of aromatic nitrogens is 2. The number of nitrogens with one attached hydrogen (secondary N) is 1. The van der Waals surface area contributed by atoms with E-state index in [9.17, 15) is 9.59 Å². The summed E-state index contributed by atoms with van der Waals surface area (Å²) < 4.78 is 2.22. The number of imidazole rings is 1. The average molecular weight is 425 g/mol. The van der Waals surface area contributed by atoms with Crippen LogP contribution in [-0.4, -0.2) is 26.6 Å². The molecular formula is C23H28N4O2S. The van der Waals surface area contributed by atoms with E-state index in [4.69, 9.17) is 10.7 Å². The number of hydrogen-bond acceptors (Lipinski definition) is 4. The highest BCUT2D eigenvalue weighted by atomic mass is 32.2. The molecule has 2 aromatic carbocycles. The molecule has 1 atom stereocenters. The van der Waals surface area contributed by atoms with Crippen LogP contribution in [0.4, 0.5) is 5.69 Å². The molecule has 0 saturated carbocycles. The highest BCUT2D eigenvalue weighted by Crippen LogP contribution is 2.28. The number of thioether (sulfide) groups is 1. The zero-order valence-electron chi connectivity index (χ0n) is 17.4. The van der Waals surface area contributed by atoms with Gasteiger partial charge in [-0.3, -0.25) is 9.59 Å². The Morgan fingerprint density at radius 1 is 1.10 bits per heavy atom. The molecule has 0 fully saturated rings. The van der Waals surface area contributed by atoms with Crippen molar-refractivity contribution in [2.45, 2.75) is 56.5 Å². The van der Waals surface area contributed by atoms with Crippen LogP contribution < -0.4 is 11.1 Å². The molecule has 0 spiro atoms. The number of para-hydroxylation sites is 2. The average Bonchev–Trinajstić information content (AvgIpc) is 3.08. The fourth-order valence-corrected chi connectivity index (χ4v) is 4.18. The number of benzene rings is 2. The minimum atomic E-state index is -0.491. The number of rotatable bonds is 10. The van der Waals surface area contributed by atoms with Gasteiger partial charge in [0.1, 0.15) is 0 Å². The number of nitrogens with two attached hydrogens (primary N) is 1. The van der Waals surface area contributed by atoms with E-state index in [2.05, 4.69) is 22.9 Å². The molecule has 30 heavy (non-hydrogen) atoms. The molecule has 158 valence electrons. The van der Waals surface area contributed by atoms with E-state index in [0.717, 1.165) is 29.2 Å². The number of primary amides is 1. The second-order valence-corrected chi connectivity index (χ2v) is 8.59. The van der Waals surface area contributed by atoms with Crippen molar-refractivity contribution < 1.29 is 9.59 Å². The van der Waals surface area contributed by atoms with E-state index in [-0.39, 0.29) is 11.2 Å². The van der Waals surface area contributed by atoms with Crippen molar-refractivity contribution in [2.24, 2.45) is 5.73 Å². The predicted molar refractivity (Wildman–Crippen MR) is 123 cm³/mol. The number of carbonyl (C=O) groups is 2. The maximum Gasteiger partial charge on any atom is 0.248 e. The lowest BCUT2D eigenvalue weighted by molar-refractivity contribution is -0.115. The van der Waals surface area contributed by atoms with Crippen LogP contribution in [0.3, 0.4) is 0 Å². The number of unbranched alkanes of at least 4 members (excludes halogenated alkanes) is 3. The Kier molecular flexibility index (Phi) is 7.52. The number of fused-ring (bicyclic) bond motifs is 1. The molecule has 0 aliphatic carbocycles. The molecule has 0 aliphatic heterocycles. The fraction of sp³-hybridized carbons (Fsp3) is 0.348. The minimum absolute atomic E-state index is 0.114. The summed E-state index contributed by atoms with van der Waals surface area (Å²) >= 11 is 1.46. The standard InChI is InChI=1S/C23H28N4O2S/c1-3-4-5-8-15-27-20-10-7-6-9-19(20)26-23(27)30-16(2)22(29)25-18-13-11-17(12-14-18)21(24)28/h6-7,9-14,16H,3-5,8,15H2,1-2H3,(H2,24,28)(H,25,29)/t16-/m0/s1. The van der Waals surface area contributed by atoms with E-state index >= 15 is 0 Å². The van der Waals surface area contributed by atoms with E-state index < -0.39 is 5.91 Å². The number of aryl methyl sites for hydroxylation is 1. The van der Waals surface area contributed by atoms with Crippen LogP contribution in [0.25, 0.3) is 11.0 Å². The molecule has 1 heterocycles. The summed E-state index contributed by atoms with van der Waals surface area (Å²) in [6.07, 6.45) is 4.70. The quantitative estimate of drug-likeness (QED) is 0.360. The number of carbonyl (C=O) groups excluding carboxylic acids is 2. The van der Waals surface area contributed by atoms with Gasteiger partial charge >= 0.3 is 0 Å². The van der Waals surface area contributed by atoms with Crippen molar-refractivity contribution in [1.82, 2.24) is 9.55 Å². The first-order chi connectivity index (χ1) is 14.5. The molecule has 0 bridgehead atoms. The lowest BCUT2D eigenvalue weighted by Gasteiger charge is -2.14. The topological polar surface area (TPSA) is 90.0 Å². The molecule has 0 saturated heterocycles. The van der Waals surface area contributed by atoms with Crippen molar-refractivity contribution in [1.29, 1.82) is 0 Å². The van der Waals surface area contributed by atoms with Gasteiger partial charge < -0.3 is 15.6 Å². The summed E-state index contributed by atoms with van der Waals surface area (Å²) in [7, 11) is 0. The maximum atomic E-state index is 12.7. The van der Waals surface area contributed by atoms with Crippen LogP contribution in [0.15, 0.2) is 53.7 Å². The largest absolute Gasteiger partial charge is 0.366 e. The number of anilines is 1. The van der Waals surface area contributed by atoms with Crippen LogP contribution in [0, 0.1) is 0 Å². The van der Waals surface area contributed by atoms with Gasteiger partial charge in [0.25, 0.3) is 0 Å². The van der Waals surface area contributed by atoms with Crippen LogP contribution in [0.1, 0.15) is 49.9 Å². The Bertz CT molecular complexity index is 1010. The van der Waals surface area contributed by atoms with Gasteiger partial charge in [0.05, 0.1) is 16.3 Å². The zero-order chi connectivity index (χ0) is 21.5. The van der Waals surface area contributed by atoms with Crippen LogP contribution in [0.2, 0.25) is 0 Å². The van der Waals surface area contributed by atoms with E-state index in [0.29, 0.717) is 11.3 Å². The van der Waals surface area contributed by atoms with Crippen molar-refractivity contribution in [2.75, 3.05) is 5.32 Å². The van der Waals surface area contributed by atoms with Crippen molar-refractivity contribution in [3.63, 3.8) is 0 Å². The maximum absolute atomic E-state index is 12.7. The lowest BCUT2D eigenvalue weighted by Crippen LogP contribution is -2.23. The molecule has 0 radical (unpaired) electrons. The molecule has 7 heteroatoms. The lowest BCUT2D eigenvalue weighted by atomic mass is 10.2. The third-order valence-corrected chi connectivity index (χ3v) is 6.03. The minimum Gasteiger partial charge on any atom is -0.366 e. The smallest absolute Gasteiger partial charge is 0.248 e. The number of hydrogen-bond donors (Lipinski definition) is 2. The molecule has 1 aromatic heterocycles. The van der Waals surface area contributed by atoms with Gasteiger partial charge in [-0.2, -0.15) is 0 Å². The summed E-state index contributed by atoms with van der Waals surface area (Å²) in [5.74, 6) is -0.606. The molecule has 6 nitrogen and oxygen atoms in total. The van der Waals surface area contributed by atoms with Gasteiger partial charge in [-0.1, -0.05) is 50.1 Å². The second kappa shape index (κ2) is 10.3. The SMILES string of the molecule is CCCCCCn1c(S[C@@H](C)C(=O)Nc2ccc(C(N)=O)cc2)nc2ccccc21. The third-order valence-electron chi connectivity index (χ3n) is 4.94. The predicted octanol–water partition coefficient (Wildman–Crippen LogP) is 4.83. The van der Waals surface area contributed by atoms with Gasteiger partial charge in [-0.25, -0.2) is 4.98 Å². The molecule has 3 N–H and O–H groups in total. The normalized spacial score (nSPS) is 12.1. The van der Waals surface area contributed by atoms with Gasteiger partial charge in [0.15, 0.2) is 5.16 Å². The van der Waals surface area contributed by atoms with E-state index in [1.807, 2.05) is 25.1 Å². The summed E-state index contributed by atoms with van der Waals surface area (Å²) in [5, 5.41) is 3.43. The zero-order valence-corrected chi connectivity index (χ0v) is 18.2. The number of amides is 2. The van der Waals surface area contributed by atoms with Crippen LogP contribution in [0.5, 0.6) is 0 Å².